The number of aromatic nitrogens is 3. The first-order valence-corrected chi connectivity index (χ1v) is 5.67. The second-order valence-corrected chi connectivity index (χ2v) is 3.80. The van der Waals surface area contributed by atoms with Gasteiger partial charge in [0.1, 0.15) is 5.52 Å². The van der Waals surface area contributed by atoms with E-state index in [0.717, 1.165) is 23.9 Å². The summed E-state index contributed by atoms with van der Waals surface area (Å²) in [7, 11) is 1.66. The van der Waals surface area contributed by atoms with Gasteiger partial charge in [-0.15, -0.1) is 0 Å². The Morgan fingerprint density at radius 2 is 2.12 bits per heavy atom. The van der Waals surface area contributed by atoms with Crippen molar-refractivity contribution in [3.63, 3.8) is 0 Å². The summed E-state index contributed by atoms with van der Waals surface area (Å²) in [6.45, 7) is 4.36. The molecule has 4 nitrogen and oxygen atoms in total. The Morgan fingerprint density at radius 3 is 2.75 bits per heavy atom. The molecule has 2 aromatic heterocycles. The van der Waals surface area contributed by atoms with Crippen molar-refractivity contribution in [1.82, 2.24) is 14.5 Å². The Balaban J connectivity index is 2.63. The van der Waals surface area contributed by atoms with Crippen LogP contribution in [0.1, 0.15) is 32.7 Å². The van der Waals surface area contributed by atoms with Gasteiger partial charge in [-0.3, -0.25) is 9.55 Å². The van der Waals surface area contributed by atoms with Crippen LogP contribution >= 0.6 is 0 Å². The molecule has 0 amide bonds. The number of imidazole rings is 1. The molecular weight excluding hydrogens is 202 g/mol. The molecule has 0 aliphatic heterocycles. The Bertz CT molecular complexity index is 474. The number of fused-ring (bicyclic) bond motifs is 1. The molecule has 0 bridgehead atoms. The minimum absolute atomic E-state index is 0.433. The van der Waals surface area contributed by atoms with E-state index in [0.29, 0.717) is 12.1 Å². The third-order valence-electron chi connectivity index (χ3n) is 2.95. The summed E-state index contributed by atoms with van der Waals surface area (Å²) in [4.78, 5) is 8.51. The smallest absolute Gasteiger partial charge is 0.297 e. The van der Waals surface area contributed by atoms with Crippen LogP contribution < -0.4 is 4.74 Å². The van der Waals surface area contributed by atoms with Gasteiger partial charge < -0.3 is 4.74 Å². The summed E-state index contributed by atoms with van der Waals surface area (Å²) in [6.07, 6.45) is 5.71. The molecule has 2 rings (SSSR count). The number of hydrogen-bond donors (Lipinski definition) is 0. The van der Waals surface area contributed by atoms with Gasteiger partial charge in [0.25, 0.3) is 6.01 Å². The van der Waals surface area contributed by atoms with Crippen molar-refractivity contribution in [3.8, 4) is 6.01 Å². The van der Waals surface area contributed by atoms with Crippen molar-refractivity contribution < 1.29 is 4.74 Å². The Hall–Kier alpha value is -1.58. The Labute approximate surface area is 95.3 Å². The molecule has 86 valence electrons. The first-order valence-electron chi connectivity index (χ1n) is 5.67. The van der Waals surface area contributed by atoms with E-state index < -0.39 is 0 Å². The van der Waals surface area contributed by atoms with Crippen LogP contribution in [0.2, 0.25) is 0 Å². The maximum atomic E-state index is 5.34. The lowest BCUT2D eigenvalue weighted by Gasteiger charge is -2.17. The third kappa shape index (κ3) is 1.64. The largest absolute Gasteiger partial charge is 0.468 e. The van der Waals surface area contributed by atoms with E-state index in [1.54, 1.807) is 19.5 Å². The number of ether oxygens (including phenoxy) is 1. The minimum Gasteiger partial charge on any atom is -0.468 e. The highest BCUT2D eigenvalue weighted by molar-refractivity contribution is 5.75. The molecule has 2 heterocycles. The van der Waals surface area contributed by atoms with Gasteiger partial charge in [0.05, 0.1) is 18.8 Å². The topological polar surface area (TPSA) is 39.9 Å². The van der Waals surface area contributed by atoms with Gasteiger partial charge in [0.15, 0.2) is 0 Å². The second kappa shape index (κ2) is 4.51. The van der Waals surface area contributed by atoms with Crippen molar-refractivity contribution in [3.05, 3.63) is 18.5 Å². The number of pyridine rings is 1. The molecule has 0 radical (unpaired) electrons. The summed E-state index contributed by atoms with van der Waals surface area (Å²) in [5.41, 5.74) is 1.99. The van der Waals surface area contributed by atoms with Gasteiger partial charge in [-0.05, 0) is 18.9 Å². The molecule has 0 spiro atoms. The normalized spacial score (nSPS) is 11.2. The average molecular weight is 219 g/mol. The van der Waals surface area contributed by atoms with Crippen LogP contribution in [0.25, 0.3) is 11.0 Å². The highest BCUT2D eigenvalue weighted by atomic mass is 16.5. The number of nitrogens with zero attached hydrogens (tertiary/aromatic N) is 3. The van der Waals surface area contributed by atoms with E-state index in [4.69, 9.17) is 4.74 Å². The lowest BCUT2D eigenvalue weighted by molar-refractivity contribution is 0.333. The SMILES string of the molecule is CCC(CC)n1c(OC)nc2cnccc21. The standard InChI is InChI=1S/C12H17N3O/c1-4-9(5-2)15-11-6-7-13-8-10(11)14-12(15)16-3/h6-9H,4-5H2,1-3H3. The van der Waals surface area contributed by atoms with Crippen LogP contribution in [-0.2, 0) is 0 Å². The van der Waals surface area contributed by atoms with Gasteiger partial charge in [-0.1, -0.05) is 13.8 Å². The van der Waals surface area contributed by atoms with Crippen LogP contribution in [0.3, 0.4) is 0 Å². The number of methoxy groups -OCH3 is 1. The molecule has 0 atom stereocenters. The molecular formula is C12H17N3O. The van der Waals surface area contributed by atoms with Crippen LogP contribution in [0.5, 0.6) is 6.01 Å². The Morgan fingerprint density at radius 1 is 1.38 bits per heavy atom. The fourth-order valence-electron chi connectivity index (χ4n) is 2.08. The van der Waals surface area contributed by atoms with Gasteiger partial charge >= 0.3 is 0 Å². The predicted octanol–water partition coefficient (Wildman–Crippen LogP) is 2.80. The van der Waals surface area contributed by atoms with E-state index in [9.17, 15) is 0 Å². The first-order chi connectivity index (χ1) is 7.81. The predicted molar refractivity (Wildman–Crippen MR) is 63.7 cm³/mol. The molecule has 4 heteroatoms. The highest BCUT2D eigenvalue weighted by Gasteiger charge is 2.16. The second-order valence-electron chi connectivity index (χ2n) is 3.80. The first kappa shape index (κ1) is 10.9. The van der Waals surface area contributed by atoms with Crippen molar-refractivity contribution in [1.29, 1.82) is 0 Å². The van der Waals surface area contributed by atoms with Gasteiger partial charge in [0, 0.05) is 12.2 Å². The van der Waals surface area contributed by atoms with Crippen molar-refractivity contribution in [2.24, 2.45) is 0 Å². The number of rotatable bonds is 4. The summed E-state index contributed by atoms with van der Waals surface area (Å²) >= 11 is 0. The number of hydrogen-bond acceptors (Lipinski definition) is 3. The third-order valence-corrected chi connectivity index (χ3v) is 2.95. The van der Waals surface area contributed by atoms with E-state index in [1.807, 2.05) is 6.07 Å². The minimum atomic E-state index is 0.433. The van der Waals surface area contributed by atoms with Crippen LogP contribution in [-0.4, -0.2) is 21.6 Å². The van der Waals surface area contributed by atoms with Crippen LogP contribution in [0, 0.1) is 0 Å². The summed E-state index contributed by atoms with van der Waals surface area (Å²) in [5.74, 6) is 0. The molecule has 2 aromatic rings. The van der Waals surface area contributed by atoms with E-state index in [2.05, 4.69) is 28.4 Å². The molecule has 0 aromatic carbocycles. The lowest BCUT2D eigenvalue weighted by Crippen LogP contribution is -2.08. The van der Waals surface area contributed by atoms with Gasteiger partial charge in [-0.2, -0.15) is 4.98 Å². The highest BCUT2D eigenvalue weighted by Crippen LogP contribution is 2.28. The van der Waals surface area contributed by atoms with Crippen molar-refractivity contribution in [2.75, 3.05) is 7.11 Å². The Kier molecular flexibility index (Phi) is 3.08. The fraction of sp³-hybridized carbons (Fsp3) is 0.500. The van der Waals surface area contributed by atoms with E-state index >= 15 is 0 Å². The van der Waals surface area contributed by atoms with E-state index in [-0.39, 0.29) is 0 Å². The molecule has 0 saturated carbocycles. The maximum absolute atomic E-state index is 5.34. The monoisotopic (exact) mass is 219 g/mol. The summed E-state index contributed by atoms with van der Waals surface area (Å²) in [5, 5.41) is 0. The van der Waals surface area contributed by atoms with E-state index in [1.165, 1.54) is 0 Å². The molecule has 0 unspecified atom stereocenters. The van der Waals surface area contributed by atoms with Crippen molar-refractivity contribution >= 4 is 11.0 Å². The van der Waals surface area contributed by atoms with Crippen LogP contribution in [0.15, 0.2) is 18.5 Å². The van der Waals surface area contributed by atoms with Crippen LogP contribution in [0.4, 0.5) is 0 Å². The summed E-state index contributed by atoms with van der Waals surface area (Å²) < 4.78 is 7.50. The average Bonchev–Trinajstić information content (AvgIpc) is 2.70. The molecule has 16 heavy (non-hydrogen) atoms. The zero-order chi connectivity index (χ0) is 11.5. The maximum Gasteiger partial charge on any atom is 0.297 e. The zero-order valence-electron chi connectivity index (χ0n) is 9.97. The molecule has 0 aliphatic rings. The zero-order valence-corrected chi connectivity index (χ0v) is 9.97. The summed E-state index contributed by atoms with van der Waals surface area (Å²) in [6, 6.07) is 3.10. The van der Waals surface area contributed by atoms with Crippen molar-refractivity contribution in [2.45, 2.75) is 32.7 Å². The quantitative estimate of drug-likeness (QED) is 0.793. The molecule has 0 aliphatic carbocycles. The van der Waals surface area contributed by atoms with Gasteiger partial charge in [0.2, 0.25) is 0 Å². The fourth-order valence-corrected chi connectivity index (χ4v) is 2.08. The van der Waals surface area contributed by atoms with Gasteiger partial charge in [-0.25, -0.2) is 0 Å². The lowest BCUT2D eigenvalue weighted by atomic mass is 10.1. The molecule has 0 fully saturated rings. The molecule has 0 N–H and O–H groups in total. The molecule has 0 saturated heterocycles.